The molecule has 1 rings (SSSR count). The summed E-state index contributed by atoms with van der Waals surface area (Å²) in [6.07, 6.45) is 2.40. The van der Waals surface area contributed by atoms with Crippen molar-refractivity contribution < 1.29 is 9.84 Å². The highest BCUT2D eigenvalue weighted by atomic mass is 16.5. The number of rotatable bonds is 4. The predicted molar refractivity (Wildman–Crippen MR) is 62.9 cm³/mol. The van der Waals surface area contributed by atoms with Crippen molar-refractivity contribution in [1.82, 2.24) is 0 Å². The van der Waals surface area contributed by atoms with E-state index in [-0.39, 0.29) is 6.10 Å². The third-order valence-electron chi connectivity index (χ3n) is 2.42. The van der Waals surface area contributed by atoms with Gasteiger partial charge in [0.25, 0.3) is 0 Å². The first-order valence-electron chi connectivity index (χ1n) is 5.17. The zero-order valence-electron chi connectivity index (χ0n) is 9.53. The van der Waals surface area contributed by atoms with Gasteiger partial charge in [-0.1, -0.05) is 25.1 Å². The van der Waals surface area contributed by atoms with Gasteiger partial charge in [0.2, 0.25) is 0 Å². The number of aliphatic hydroxyl groups excluding tert-OH is 1. The number of aliphatic hydroxyl groups is 1. The third-order valence-corrected chi connectivity index (χ3v) is 2.42. The summed E-state index contributed by atoms with van der Waals surface area (Å²) in [5, 5.41) is 9.60. The van der Waals surface area contributed by atoms with Gasteiger partial charge in [0, 0.05) is 0 Å². The van der Waals surface area contributed by atoms with Crippen LogP contribution in [0.4, 0.5) is 0 Å². The minimum Gasteiger partial charge on any atom is -0.497 e. The number of methoxy groups -OCH3 is 1. The average Bonchev–Trinajstić information content (AvgIpc) is 2.29. The number of ether oxygens (including phenoxy) is 1. The topological polar surface area (TPSA) is 29.5 Å². The summed E-state index contributed by atoms with van der Waals surface area (Å²) in [5.41, 5.74) is 2.07. The van der Waals surface area contributed by atoms with Gasteiger partial charge in [-0.15, -0.1) is 0 Å². The Bertz CT molecular complexity index is 325. The van der Waals surface area contributed by atoms with Crippen molar-refractivity contribution in [2.24, 2.45) is 0 Å². The zero-order chi connectivity index (χ0) is 11.3. The second kappa shape index (κ2) is 5.56. The quantitative estimate of drug-likeness (QED) is 0.820. The molecule has 0 aliphatic carbocycles. The van der Waals surface area contributed by atoms with Gasteiger partial charge in [0.05, 0.1) is 13.2 Å². The Balaban J connectivity index is 2.79. The van der Waals surface area contributed by atoms with Crippen molar-refractivity contribution in [2.45, 2.75) is 26.4 Å². The van der Waals surface area contributed by atoms with Gasteiger partial charge >= 0.3 is 0 Å². The summed E-state index contributed by atoms with van der Waals surface area (Å²) in [6.45, 7) is 3.91. The summed E-state index contributed by atoms with van der Waals surface area (Å²) in [7, 11) is 1.65. The van der Waals surface area contributed by atoms with Crippen LogP contribution in [0.5, 0.6) is 5.75 Å². The van der Waals surface area contributed by atoms with Crippen LogP contribution >= 0.6 is 0 Å². The van der Waals surface area contributed by atoms with Gasteiger partial charge in [-0.2, -0.15) is 0 Å². The maximum absolute atomic E-state index is 9.60. The highest BCUT2D eigenvalue weighted by Crippen LogP contribution is 2.15. The van der Waals surface area contributed by atoms with E-state index in [0.717, 1.165) is 23.3 Å². The van der Waals surface area contributed by atoms with Crippen LogP contribution < -0.4 is 4.74 Å². The minimum atomic E-state index is -0.341. The molecule has 2 nitrogen and oxygen atoms in total. The second-order valence-electron chi connectivity index (χ2n) is 3.59. The van der Waals surface area contributed by atoms with Gasteiger partial charge < -0.3 is 9.84 Å². The van der Waals surface area contributed by atoms with Gasteiger partial charge in [0.15, 0.2) is 0 Å². The molecule has 0 aromatic heterocycles. The number of hydrogen-bond acceptors (Lipinski definition) is 2. The van der Waals surface area contributed by atoms with Crippen LogP contribution in [0.3, 0.4) is 0 Å². The molecule has 0 radical (unpaired) electrons. The first kappa shape index (κ1) is 11.8. The Morgan fingerprint density at radius 3 is 2.47 bits per heavy atom. The van der Waals surface area contributed by atoms with E-state index in [1.807, 2.05) is 44.2 Å². The summed E-state index contributed by atoms with van der Waals surface area (Å²) in [6, 6.07) is 7.78. The molecule has 0 bridgehead atoms. The lowest BCUT2D eigenvalue weighted by atomic mass is 10.1. The van der Waals surface area contributed by atoms with E-state index in [2.05, 4.69) is 0 Å². The molecule has 1 atom stereocenters. The second-order valence-corrected chi connectivity index (χ2v) is 3.59. The van der Waals surface area contributed by atoms with E-state index in [9.17, 15) is 5.11 Å². The molecular formula is C13H18O2. The first-order chi connectivity index (χ1) is 7.17. The molecule has 0 heterocycles. The Labute approximate surface area is 91.2 Å². The maximum Gasteiger partial charge on any atom is 0.118 e. The van der Waals surface area contributed by atoms with Crippen molar-refractivity contribution >= 4 is 6.08 Å². The molecule has 15 heavy (non-hydrogen) atoms. The molecule has 1 N–H and O–H groups in total. The molecule has 0 saturated heterocycles. The smallest absolute Gasteiger partial charge is 0.118 e. The highest BCUT2D eigenvalue weighted by molar-refractivity contribution is 5.54. The summed E-state index contributed by atoms with van der Waals surface area (Å²) >= 11 is 0. The fraction of sp³-hybridized carbons (Fsp3) is 0.385. The lowest BCUT2D eigenvalue weighted by Gasteiger charge is -2.08. The van der Waals surface area contributed by atoms with Crippen LogP contribution in [0.1, 0.15) is 25.8 Å². The van der Waals surface area contributed by atoms with E-state index in [4.69, 9.17) is 4.74 Å². The van der Waals surface area contributed by atoms with E-state index in [0.29, 0.717) is 0 Å². The lowest BCUT2D eigenvalue weighted by molar-refractivity contribution is 0.208. The van der Waals surface area contributed by atoms with Crippen LogP contribution in [-0.2, 0) is 0 Å². The largest absolute Gasteiger partial charge is 0.497 e. The molecule has 2 heteroatoms. The fourth-order valence-corrected chi connectivity index (χ4v) is 1.38. The lowest BCUT2D eigenvalue weighted by Crippen LogP contribution is -2.05. The Hall–Kier alpha value is -1.28. The monoisotopic (exact) mass is 206 g/mol. The molecule has 82 valence electrons. The Morgan fingerprint density at radius 2 is 2.00 bits per heavy atom. The standard InChI is InChI=1S/C13H18O2/c1-4-13(14)10(2)9-11-5-7-12(15-3)8-6-11/h5-9,13-14H,4H2,1-3H3/b10-9+/t13-/m0/s1. The number of hydrogen-bond donors (Lipinski definition) is 1. The van der Waals surface area contributed by atoms with Crippen LogP contribution in [0.25, 0.3) is 6.08 Å². The normalized spacial score (nSPS) is 13.7. The predicted octanol–water partition coefficient (Wildman–Crippen LogP) is 2.87. The molecule has 0 aliphatic heterocycles. The van der Waals surface area contributed by atoms with Gasteiger partial charge in [0.1, 0.15) is 5.75 Å². The average molecular weight is 206 g/mol. The molecule has 0 saturated carbocycles. The summed E-state index contributed by atoms with van der Waals surface area (Å²) < 4.78 is 5.07. The molecule has 0 aliphatic rings. The summed E-state index contributed by atoms with van der Waals surface area (Å²) in [5.74, 6) is 0.848. The molecule has 1 aromatic rings. The number of benzene rings is 1. The van der Waals surface area contributed by atoms with Crippen molar-refractivity contribution in [3.63, 3.8) is 0 Å². The Morgan fingerprint density at radius 1 is 1.40 bits per heavy atom. The fourth-order valence-electron chi connectivity index (χ4n) is 1.38. The van der Waals surface area contributed by atoms with Crippen molar-refractivity contribution in [2.75, 3.05) is 7.11 Å². The van der Waals surface area contributed by atoms with Crippen LogP contribution in [-0.4, -0.2) is 18.3 Å². The van der Waals surface area contributed by atoms with Gasteiger partial charge in [-0.25, -0.2) is 0 Å². The maximum atomic E-state index is 9.60. The molecule has 0 spiro atoms. The Kier molecular flexibility index (Phi) is 4.37. The van der Waals surface area contributed by atoms with Gasteiger partial charge in [-0.3, -0.25) is 0 Å². The van der Waals surface area contributed by atoms with E-state index >= 15 is 0 Å². The van der Waals surface area contributed by atoms with Crippen LogP contribution in [0.15, 0.2) is 29.8 Å². The van der Waals surface area contributed by atoms with Gasteiger partial charge in [-0.05, 0) is 36.6 Å². The minimum absolute atomic E-state index is 0.341. The summed E-state index contributed by atoms with van der Waals surface area (Å²) in [4.78, 5) is 0. The molecule has 0 amide bonds. The molecule has 0 fully saturated rings. The van der Waals surface area contributed by atoms with Crippen molar-refractivity contribution in [1.29, 1.82) is 0 Å². The molecule has 1 aromatic carbocycles. The van der Waals surface area contributed by atoms with Crippen LogP contribution in [0, 0.1) is 0 Å². The van der Waals surface area contributed by atoms with Crippen molar-refractivity contribution in [3.8, 4) is 5.75 Å². The highest BCUT2D eigenvalue weighted by Gasteiger charge is 2.02. The van der Waals surface area contributed by atoms with E-state index in [1.54, 1.807) is 7.11 Å². The van der Waals surface area contributed by atoms with Crippen molar-refractivity contribution in [3.05, 3.63) is 35.4 Å². The zero-order valence-corrected chi connectivity index (χ0v) is 9.53. The molecular weight excluding hydrogens is 188 g/mol. The first-order valence-corrected chi connectivity index (χ1v) is 5.17. The molecule has 0 unspecified atom stereocenters. The van der Waals surface area contributed by atoms with E-state index in [1.165, 1.54) is 0 Å². The van der Waals surface area contributed by atoms with E-state index < -0.39 is 0 Å². The SMILES string of the molecule is CC[C@H](O)/C(C)=C/c1ccc(OC)cc1. The van der Waals surface area contributed by atoms with Crippen LogP contribution in [0.2, 0.25) is 0 Å². The third kappa shape index (κ3) is 3.40.